The number of hydrogen-bond acceptors (Lipinski definition) is 7. The zero-order chi connectivity index (χ0) is 15.1. The van der Waals surface area contributed by atoms with Crippen molar-refractivity contribution in [3.05, 3.63) is 0 Å². The van der Waals surface area contributed by atoms with Crippen LogP contribution in [0, 0.1) is 0 Å². The molecule has 0 radical (unpaired) electrons. The molecule has 2 rings (SSSR count). The molecule has 1 heterocycles. The Morgan fingerprint density at radius 2 is 2.00 bits per heavy atom. The van der Waals surface area contributed by atoms with Gasteiger partial charge in [0.25, 0.3) is 0 Å². The van der Waals surface area contributed by atoms with E-state index in [1.807, 2.05) is 6.92 Å². The van der Waals surface area contributed by atoms with Crippen LogP contribution in [0.1, 0.15) is 39.0 Å². The number of rotatable bonds is 7. The number of ether oxygens (including phenoxy) is 1. The van der Waals surface area contributed by atoms with Crippen LogP contribution >= 0.6 is 0 Å². The van der Waals surface area contributed by atoms with Crippen molar-refractivity contribution in [1.29, 1.82) is 0 Å². The maximum Gasteiger partial charge on any atom is 0.322 e. The summed E-state index contributed by atoms with van der Waals surface area (Å²) in [6.45, 7) is 3.34. The molecule has 0 aromatic carbocycles. The number of nitrogens with zero attached hydrogens (tertiary/aromatic N) is 4. The van der Waals surface area contributed by atoms with Crippen molar-refractivity contribution in [1.82, 2.24) is 15.0 Å². The number of aliphatic hydroxyl groups is 1. The van der Waals surface area contributed by atoms with E-state index in [1.54, 1.807) is 7.11 Å². The zero-order valence-corrected chi connectivity index (χ0v) is 12.9. The molecule has 1 aromatic heterocycles. The Labute approximate surface area is 125 Å². The molecule has 0 unspecified atom stereocenters. The average Bonchev–Trinajstić information content (AvgIpc) is 2.53. The lowest BCUT2D eigenvalue weighted by atomic mass is 9.94. The van der Waals surface area contributed by atoms with Gasteiger partial charge in [0, 0.05) is 19.1 Å². The van der Waals surface area contributed by atoms with E-state index in [0.717, 1.165) is 19.4 Å². The molecule has 0 bridgehead atoms. The maximum atomic E-state index is 9.37. The monoisotopic (exact) mass is 295 g/mol. The molecule has 1 aliphatic rings. The van der Waals surface area contributed by atoms with E-state index in [-0.39, 0.29) is 6.61 Å². The van der Waals surface area contributed by atoms with E-state index in [4.69, 9.17) is 4.74 Å². The predicted octanol–water partition coefficient (Wildman–Crippen LogP) is 1.44. The van der Waals surface area contributed by atoms with Gasteiger partial charge in [-0.2, -0.15) is 15.0 Å². The van der Waals surface area contributed by atoms with Gasteiger partial charge in [-0.25, -0.2) is 0 Å². The van der Waals surface area contributed by atoms with Crippen LogP contribution < -0.4 is 15.0 Å². The number of nitrogens with one attached hydrogen (secondary N) is 1. The standard InChI is InChI=1S/C14H25N5O2/c1-3-15-12-16-13(18-14(17-12)21-2)19(9-10-20)11-7-5-4-6-8-11/h11,20H,3-10H2,1-2H3,(H,15,16,17,18). The fourth-order valence-electron chi connectivity index (χ4n) is 2.75. The maximum absolute atomic E-state index is 9.37. The second-order valence-electron chi connectivity index (χ2n) is 5.18. The highest BCUT2D eigenvalue weighted by molar-refractivity contribution is 5.39. The molecule has 1 fully saturated rings. The van der Waals surface area contributed by atoms with Crippen molar-refractivity contribution in [3.8, 4) is 6.01 Å². The van der Waals surface area contributed by atoms with Gasteiger partial charge in [-0.15, -0.1) is 0 Å². The fourth-order valence-corrected chi connectivity index (χ4v) is 2.75. The van der Waals surface area contributed by atoms with Gasteiger partial charge in [0.15, 0.2) is 0 Å². The van der Waals surface area contributed by atoms with E-state index >= 15 is 0 Å². The lowest BCUT2D eigenvalue weighted by molar-refractivity contribution is 0.288. The van der Waals surface area contributed by atoms with Gasteiger partial charge < -0.3 is 20.1 Å². The highest BCUT2D eigenvalue weighted by atomic mass is 16.5. The molecule has 0 saturated heterocycles. The molecule has 7 nitrogen and oxygen atoms in total. The van der Waals surface area contributed by atoms with Crippen LogP contribution in [0.5, 0.6) is 6.01 Å². The Bertz CT molecular complexity index is 437. The minimum Gasteiger partial charge on any atom is -0.467 e. The van der Waals surface area contributed by atoms with Crippen LogP contribution in [-0.4, -0.2) is 52.9 Å². The Morgan fingerprint density at radius 1 is 1.24 bits per heavy atom. The first-order valence-corrected chi connectivity index (χ1v) is 7.70. The summed E-state index contributed by atoms with van der Waals surface area (Å²) in [4.78, 5) is 15.1. The van der Waals surface area contributed by atoms with E-state index in [0.29, 0.717) is 30.5 Å². The summed E-state index contributed by atoms with van der Waals surface area (Å²) >= 11 is 0. The van der Waals surface area contributed by atoms with Crippen LogP contribution in [0.2, 0.25) is 0 Å². The van der Waals surface area contributed by atoms with Gasteiger partial charge in [-0.05, 0) is 19.8 Å². The molecule has 0 atom stereocenters. The van der Waals surface area contributed by atoms with E-state index in [9.17, 15) is 5.11 Å². The van der Waals surface area contributed by atoms with Gasteiger partial charge in [-0.3, -0.25) is 0 Å². The molecule has 0 spiro atoms. The first-order valence-electron chi connectivity index (χ1n) is 7.70. The highest BCUT2D eigenvalue weighted by Crippen LogP contribution is 2.26. The molecule has 21 heavy (non-hydrogen) atoms. The highest BCUT2D eigenvalue weighted by Gasteiger charge is 2.24. The molecule has 0 amide bonds. The average molecular weight is 295 g/mol. The van der Waals surface area contributed by atoms with Crippen molar-refractivity contribution in [3.63, 3.8) is 0 Å². The van der Waals surface area contributed by atoms with Gasteiger partial charge >= 0.3 is 6.01 Å². The van der Waals surface area contributed by atoms with E-state index < -0.39 is 0 Å². The second-order valence-corrected chi connectivity index (χ2v) is 5.18. The van der Waals surface area contributed by atoms with Crippen LogP contribution in [0.3, 0.4) is 0 Å². The minimum absolute atomic E-state index is 0.0844. The molecule has 1 aromatic rings. The Kier molecular flexibility index (Phi) is 5.98. The molecule has 1 saturated carbocycles. The Morgan fingerprint density at radius 3 is 2.62 bits per heavy atom. The number of methoxy groups -OCH3 is 1. The normalized spacial score (nSPS) is 15.8. The van der Waals surface area contributed by atoms with Gasteiger partial charge in [-0.1, -0.05) is 19.3 Å². The summed E-state index contributed by atoms with van der Waals surface area (Å²) in [7, 11) is 1.55. The number of aliphatic hydroxyl groups excluding tert-OH is 1. The topological polar surface area (TPSA) is 83.4 Å². The number of anilines is 2. The fraction of sp³-hybridized carbons (Fsp3) is 0.786. The molecular weight excluding hydrogens is 270 g/mol. The van der Waals surface area contributed by atoms with Crippen LogP contribution in [-0.2, 0) is 0 Å². The van der Waals surface area contributed by atoms with Crippen LogP contribution in [0.15, 0.2) is 0 Å². The molecule has 1 aliphatic carbocycles. The molecule has 0 aliphatic heterocycles. The number of aromatic nitrogens is 3. The molecule has 118 valence electrons. The zero-order valence-electron chi connectivity index (χ0n) is 12.9. The Balaban J connectivity index is 2.26. The summed E-state index contributed by atoms with van der Waals surface area (Å²) < 4.78 is 5.17. The van der Waals surface area contributed by atoms with Crippen molar-refractivity contribution in [2.75, 3.05) is 37.0 Å². The SMILES string of the molecule is CCNc1nc(OC)nc(N(CCO)C2CCCCC2)n1. The van der Waals surface area contributed by atoms with Crippen molar-refractivity contribution in [2.24, 2.45) is 0 Å². The van der Waals surface area contributed by atoms with E-state index in [2.05, 4.69) is 25.2 Å². The summed E-state index contributed by atoms with van der Waals surface area (Å²) in [5.74, 6) is 1.09. The van der Waals surface area contributed by atoms with Crippen LogP contribution in [0.4, 0.5) is 11.9 Å². The third-order valence-corrected chi connectivity index (χ3v) is 3.73. The van der Waals surface area contributed by atoms with Crippen LogP contribution in [0.25, 0.3) is 0 Å². The summed E-state index contributed by atoms with van der Waals surface area (Å²) in [5, 5.41) is 12.5. The third kappa shape index (κ3) is 4.17. The second kappa shape index (κ2) is 7.97. The lowest BCUT2D eigenvalue weighted by Crippen LogP contribution is -2.40. The third-order valence-electron chi connectivity index (χ3n) is 3.73. The smallest absolute Gasteiger partial charge is 0.322 e. The summed E-state index contributed by atoms with van der Waals surface area (Å²) in [5.41, 5.74) is 0. The first-order chi connectivity index (χ1) is 10.3. The molecule has 2 N–H and O–H groups in total. The minimum atomic E-state index is 0.0844. The van der Waals surface area contributed by atoms with Gasteiger partial charge in [0.05, 0.1) is 13.7 Å². The largest absolute Gasteiger partial charge is 0.467 e. The first kappa shape index (κ1) is 15.8. The summed E-state index contributed by atoms with van der Waals surface area (Å²) in [6, 6.07) is 0.683. The predicted molar refractivity (Wildman–Crippen MR) is 81.8 cm³/mol. The Hall–Kier alpha value is -1.63. The molecule has 7 heteroatoms. The lowest BCUT2D eigenvalue weighted by Gasteiger charge is -2.34. The van der Waals surface area contributed by atoms with Crippen molar-refractivity contribution < 1.29 is 9.84 Å². The van der Waals surface area contributed by atoms with Crippen molar-refractivity contribution >= 4 is 11.9 Å². The quantitative estimate of drug-likeness (QED) is 0.787. The molecular formula is C14H25N5O2. The van der Waals surface area contributed by atoms with E-state index in [1.165, 1.54) is 19.3 Å². The van der Waals surface area contributed by atoms with Gasteiger partial charge in [0.1, 0.15) is 0 Å². The summed E-state index contributed by atoms with van der Waals surface area (Å²) in [6.07, 6.45) is 5.95. The number of hydrogen-bond donors (Lipinski definition) is 2. The van der Waals surface area contributed by atoms with Gasteiger partial charge in [0.2, 0.25) is 11.9 Å². The van der Waals surface area contributed by atoms with Crippen molar-refractivity contribution in [2.45, 2.75) is 45.1 Å².